The first-order valence-electron chi connectivity index (χ1n) is 10.6. The Morgan fingerprint density at radius 2 is 2.09 bits per heavy atom. The standard InChI is InChI=1S/C22H24ClFN4O4/c23-16-8-17-21(27-22(25-17)32-15-7-18(30)19(10-29)31-11-15)26-20(16)12-1-3-14(4-2-12)28-6-5-13(24)9-28/h1-4,8,13,15,18-19,29-30H,5-7,9-11H2,(H,25,26,27)/t13-,15-,18+,19-/m1/s1. The largest absolute Gasteiger partial charge is 0.459 e. The smallest absolute Gasteiger partial charge is 0.296 e. The number of aromatic nitrogens is 3. The molecule has 0 aliphatic carbocycles. The molecule has 1 aromatic carbocycles. The fourth-order valence-electron chi connectivity index (χ4n) is 4.18. The molecule has 3 N–H and O–H groups in total. The topological polar surface area (TPSA) is 104 Å². The molecule has 8 nitrogen and oxygen atoms in total. The van der Waals surface area contributed by atoms with E-state index >= 15 is 0 Å². The number of H-pyrrole nitrogens is 1. The van der Waals surface area contributed by atoms with Gasteiger partial charge in [-0.25, -0.2) is 9.37 Å². The number of aliphatic hydroxyl groups excluding tert-OH is 2. The molecule has 0 saturated carbocycles. The lowest BCUT2D eigenvalue weighted by Crippen LogP contribution is -2.45. The molecule has 4 heterocycles. The third-order valence-corrected chi connectivity index (χ3v) is 6.22. The molecule has 2 fully saturated rings. The highest BCUT2D eigenvalue weighted by Gasteiger charge is 2.31. The van der Waals surface area contributed by atoms with Gasteiger partial charge in [-0.2, -0.15) is 4.98 Å². The zero-order valence-corrected chi connectivity index (χ0v) is 18.0. The summed E-state index contributed by atoms with van der Waals surface area (Å²) in [5, 5.41) is 19.7. The molecule has 3 aromatic rings. The molecular weight excluding hydrogens is 439 g/mol. The summed E-state index contributed by atoms with van der Waals surface area (Å²) < 4.78 is 24.7. The van der Waals surface area contributed by atoms with Crippen molar-refractivity contribution in [2.24, 2.45) is 0 Å². The zero-order valence-electron chi connectivity index (χ0n) is 17.2. The fraction of sp³-hybridized carbons (Fsp3) is 0.455. The van der Waals surface area contributed by atoms with Crippen LogP contribution < -0.4 is 9.64 Å². The number of rotatable bonds is 5. The number of ether oxygens (including phenoxy) is 2. The van der Waals surface area contributed by atoms with Gasteiger partial charge in [-0.05, 0) is 24.6 Å². The van der Waals surface area contributed by atoms with Crippen LogP contribution in [0, 0.1) is 0 Å². The maximum Gasteiger partial charge on any atom is 0.296 e. The lowest BCUT2D eigenvalue weighted by atomic mass is 10.0. The fourth-order valence-corrected chi connectivity index (χ4v) is 4.44. The van der Waals surface area contributed by atoms with Crippen LogP contribution in [-0.4, -0.2) is 76.0 Å². The number of hydrogen-bond donors (Lipinski definition) is 3. The average molecular weight is 463 g/mol. The molecule has 4 atom stereocenters. The Bertz CT molecular complexity index is 1100. The van der Waals surface area contributed by atoms with Gasteiger partial charge >= 0.3 is 0 Å². The van der Waals surface area contributed by atoms with E-state index in [9.17, 15) is 14.6 Å². The van der Waals surface area contributed by atoms with Crippen molar-refractivity contribution in [1.29, 1.82) is 0 Å². The predicted octanol–water partition coefficient (Wildman–Crippen LogP) is 2.72. The second-order valence-electron chi connectivity index (χ2n) is 8.21. The van der Waals surface area contributed by atoms with Crippen molar-refractivity contribution in [3.63, 3.8) is 0 Å². The third kappa shape index (κ3) is 4.25. The van der Waals surface area contributed by atoms with E-state index in [-0.39, 0.29) is 19.2 Å². The van der Waals surface area contributed by atoms with Crippen LogP contribution >= 0.6 is 11.6 Å². The number of fused-ring (bicyclic) bond motifs is 1. The molecule has 32 heavy (non-hydrogen) atoms. The molecule has 0 unspecified atom stereocenters. The van der Waals surface area contributed by atoms with Crippen LogP contribution in [-0.2, 0) is 4.74 Å². The Hall–Kier alpha value is -2.46. The summed E-state index contributed by atoms with van der Waals surface area (Å²) in [6, 6.07) is 9.74. The molecule has 170 valence electrons. The molecule has 2 aliphatic heterocycles. The quantitative estimate of drug-likeness (QED) is 0.535. The first-order valence-corrected chi connectivity index (χ1v) is 11.0. The number of halogens is 2. The molecule has 0 bridgehead atoms. The average Bonchev–Trinajstić information content (AvgIpc) is 3.38. The van der Waals surface area contributed by atoms with Crippen LogP contribution in [0.25, 0.3) is 22.4 Å². The summed E-state index contributed by atoms with van der Waals surface area (Å²) in [6.07, 6.45) is -1.68. The highest BCUT2D eigenvalue weighted by atomic mass is 35.5. The highest BCUT2D eigenvalue weighted by Crippen LogP contribution is 2.32. The summed E-state index contributed by atoms with van der Waals surface area (Å²) >= 11 is 6.49. The molecule has 2 saturated heterocycles. The highest BCUT2D eigenvalue weighted by molar-refractivity contribution is 6.33. The summed E-state index contributed by atoms with van der Waals surface area (Å²) in [6.45, 7) is 1.14. The van der Waals surface area contributed by atoms with Gasteiger partial charge in [0, 0.05) is 30.8 Å². The summed E-state index contributed by atoms with van der Waals surface area (Å²) in [4.78, 5) is 14.1. The number of aromatic amines is 1. The van der Waals surface area contributed by atoms with Crippen LogP contribution in [0.5, 0.6) is 6.01 Å². The minimum Gasteiger partial charge on any atom is -0.459 e. The van der Waals surface area contributed by atoms with Crippen LogP contribution in [0.2, 0.25) is 5.02 Å². The number of nitrogens with one attached hydrogen (secondary N) is 1. The van der Waals surface area contributed by atoms with Crippen molar-refractivity contribution in [2.75, 3.05) is 31.2 Å². The first-order chi connectivity index (χ1) is 15.5. The second kappa shape index (κ2) is 8.82. The lowest BCUT2D eigenvalue weighted by molar-refractivity contribution is -0.131. The normalized spacial score (nSPS) is 26.1. The van der Waals surface area contributed by atoms with Gasteiger partial charge < -0.3 is 29.6 Å². The number of pyridine rings is 1. The van der Waals surface area contributed by atoms with E-state index < -0.39 is 24.5 Å². The van der Waals surface area contributed by atoms with E-state index in [1.54, 1.807) is 6.07 Å². The monoisotopic (exact) mass is 462 g/mol. The Kier molecular flexibility index (Phi) is 5.90. The second-order valence-corrected chi connectivity index (χ2v) is 8.62. The first kappa shape index (κ1) is 21.4. The Morgan fingerprint density at radius 1 is 1.28 bits per heavy atom. The number of hydrogen-bond acceptors (Lipinski definition) is 7. The predicted molar refractivity (Wildman–Crippen MR) is 118 cm³/mol. The summed E-state index contributed by atoms with van der Waals surface area (Å²) in [5.41, 5.74) is 3.48. The van der Waals surface area contributed by atoms with Crippen molar-refractivity contribution in [3.8, 4) is 17.3 Å². The molecule has 0 amide bonds. The van der Waals surface area contributed by atoms with Gasteiger partial charge in [0.2, 0.25) is 0 Å². The number of alkyl halides is 1. The molecule has 5 rings (SSSR count). The van der Waals surface area contributed by atoms with Gasteiger partial charge in [-0.15, -0.1) is 0 Å². The van der Waals surface area contributed by atoms with E-state index in [1.807, 2.05) is 29.2 Å². The molecular formula is C22H24ClFN4O4. The lowest BCUT2D eigenvalue weighted by Gasteiger charge is -2.31. The van der Waals surface area contributed by atoms with Crippen LogP contribution in [0.15, 0.2) is 30.3 Å². The summed E-state index contributed by atoms with van der Waals surface area (Å²) in [7, 11) is 0. The van der Waals surface area contributed by atoms with E-state index in [1.165, 1.54) is 0 Å². The number of benzene rings is 1. The van der Waals surface area contributed by atoms with Crippen molar-refractivity contribution >= 4 is 28.5 Å². The minimum absolute atomic E-state index is 0.237. The maximum atomic E-state index is 13.5. The SMILES string of the molecule is OC[C@H]1OC[C@H](Oc2nc3nc(-c4ccc(N5CC[C@@H](F)C5)cc4)c(Cl)cc3[nH]2)C[C@@H]1O. The minimum atomic E-state index is -0.804. The zero-order chi connectivity index (χ0) is 22.2. The van der Waals surface area contributed by atoms with E-state index in [0.29, 0.717) is 47.8 Å². The van der Waals surface area contributed by atoms with Gasteiger partial charge in [0.1, 0.15) is 18.4 Å². The maximum absolute atomic E-state index is 13.5. The van der Waals surface area contributed by atoms with Crippen molar-refractivity contribution < 1.29 is 24.1 Å². The van der Waals surface area contributed by atoms with Gasteiger partial charge in [0.05, 0.1) is 35.6 Å². The van der Waals surface area contributed by atoms with Crippen molar-refractivity contribution in [1.82, 2.24) is 15.0 Å². The molecule has 0 spiro atoms. The Balaban J connectivity index is 1.33. The van der Waals surface area contributed by atoms with Crippen LogP contribution in [0.3, 0.4) is 0 Å². The number of nitrogens with zero attached hydrogens (tertiary/aromatic N) is 3. The molecule has 2 aliphatic rings. The molecule has 2 aromatic heterocycles. The van der Waals surface area contributed by atoms with E-state index in [4.69, 9.17) is 21.1 Å². The molecule has 0 radical (unpaired) electrons. The number of imidazole rings is 1. The Morgan fingerprint density at radius 3 is 2.78 bits per heavy atom. The Labute approximate surface area is 189 Å². The van der Waals surface area contributed by atoms with Crippen molar-refractivity contribution in [3.05, 3.63) is 35.4 Å². The number of anilines is 1. The van der Waals surface area contributed by atoms with Gasteiger partial charge in [0.25, 0.3) is 6.01 Å². The van der Waals surface area contributed by atoms with Gasteiger partial charge in [-0.1, -0.05) is 23.7 Å². The van der Waals surface area contributed by atoms with E-state index in [0.717, 1.165) is 11.3 Å². The van der Waals surface area contributed by atoms with Crippen molar-refractivity contribution in [2.45, 2.75) is 37.3 Å². The van der Waals surface area contributed by atoms with Gasteiger partial charge in [-0.3, -0.25) is 0 Å². The van der Waals surface area contributed by atoms with Gasteiger partial charge in [0.15, 0.2) is 5.65 Å². The molecule has 10 heteroatoms. The van der Waals surface area contributed by atoms with Crippen LogP contribution in [0.1, 0.15) is 12.8 Å². The number of aliphatic hydroxyl groups is 2. The third-order valence-electron chi connectivity index (χ3n) is 5.93. The van der Waals surface area contributed by atoms with Crippen LogP contribution in [0.4, 0.5) is 10.1 Å². The van der Waals surface area contributed by atoms with E-state index in [2.05, 4.69) is 15.0 Å². The summed E-state index contributed by atoms with van der Waals surface area (Å²) in [5.74, 6) is 0.